The normalized spacial score (nSPS) is 17.2. The molecule has 1 amide bonds. The molecule has 0 bridgehead atoms. The minimum absolute atomic E-state index is 0.00858. The summed E-state index contributed by atoms with van der Waals surface area (Å²) < 4.78 is 17.4. The van der Waals surface area contributed by atoms with E-state index in [1.165, 1.54) is 17.4 Å². The molecule has 4 aromatic rings. The van der Waals surface area contributed by atoms with Gasteiger partial charge < -0.3 is 23.5 Å². The van der Waals surface area contributed by atoms with E-state index >= 15 is 0 Å². The second-order valence-electron chi connectivity index (χ2n) is 9.42. The Morgan fingerprint density at radius 2 is 1.86 bits per heavy atom. The standard InChI is InChI=1S/C29H29N3O4/c33-28(26-13-7-17-35-26)32(19-24-12-6-16-34-24)20-25-27(22-9-2-1-3-10-22)30-36-29(25)31-15-14-21-8-4-5-11-23(21)18-31/h1-5,7-11,13,17,24H,6,12,14-16,18-20H2/t24-/m0/s1. The average molecular weight is 484 g/mol. The SMILES string of the molecule is O=C(c1ccco1)N(Cc1c(-c2ccccc2)noc1N1CCc2ccccc2C1)C[C@@H]1CCCO1. The van der Waals surface area contributed by atoms with Gasteiger partial charge in [-0.2, -0.15) is 0 Å². The first-order valence-corrected chi connectivity index (χ1v) is 12.6. The molecule has 184 valence electrons. The van der Waals surface area contributed by atoms with Gasteiger partial charge in [-0.3, -0.25) is 4.79 Å². The molecule has 0 unspecified atom stereocenters. The molecule has 0 radical (unpaired) electrons. The Bertz CT molecular complexity index is 1310. The molecule has 1 fully saturated rings. The van der Waals surface area contributed by atoms with Gasteiger partial charge in [0.05, 0.1) is 24.5 Å². The van der Waals surface area contributed by atoms with Gasteiger partial charge in [-0.25, -0.2) is 0 Å². The van der Waals surface area contributed by atoms with Crippen LogP contribution in [0.3, 0.4) is 0 Å². The van der Waals surface area contributed by atoms with Crippen LogP contribution in [0.15, 0.2) is 81.9 Å². The summed E-state index contributed by atoms with van der Waals surface area (Å²) in [4.78, 5) is 17.6. The van der Waals surface area contributed by atoms with Crippen LogP contribution in [-0.4, -0.2) is 41.8 Å². The zero-order valence-electron chi connectivity index (χ0n) is 20.1. The van der Waals surface area contributed by atoms with Crippen molar-refractivity contribution in [3.8, 4) is 11.3 Å². The number of hydrogen-bond acceptors (Lipinski definition) is 6. The van der Waals surface area contributed by atoms with Crippen molar-refractivity contribution >= 4 is 11.8 Å². The second-order valence-corrected chi connectivity index (χ2v) is 9.42. The zero-order chi connectivity index (χ0) is 24.3. The number of anilines is 1. The van der Waals surface area contributed by atoms with E-state index in [0.717, 1.165) is 55.8 Å². The number of fused-ring (bicyclic) bond motifs is 1. The first-order chi connectivity index (χ1) is 17.8. The van der Waals surface area contributed by atoms with E-state index in [1.807, 2.05) is 35.2 Å². The number of nitrogens with zero attached hydrogens (tertiary/aromatic N) is 3. The number of rotatable bonds is 7. The quantitative estimate of drug-likeness (QED) is 0.354. The number of furan rings is 1. The lowest BCUT2D eigenvalue weighted by Gasteiger charge is -2.30. The predicted molar refractivity (Wildman–Crippen MR) is 136 cm³/mol. The molecule has 0 aliphatic carbocycles. The highest BCUT2D eigenvalue weighted by molar-refractivity contribution is 5.91. The van der Waals surface area contributed by atoms with E-state index in [1.54, 1.807) is 12.1 Å². The topological polar surface area (TPSA) is 72.0 Å². The van der Waals surface area contributed by atoms with Crippen LogP contribution in [-0.2, 0) is 24.2 Å². The Kier molecular flexibility index (Phi) is 6.30. The number of ether oxygens (including phenoxy) is 1. The lowest BCUT2D eigenvalue weighted by Crippen LogP contribution is -2.37. The van der Waals surface area contributed by atoms with Crippen molar-refractivity contribution in [1.82, 2.24) is 10.1 Å². The molecule has 0 N–H and O–H groups in total. The molecule has 0 spiro atoms. The molecular weight excluding hydrogens is 454 g/mol. The van der Waals surface area contributed by atoms with Gasteiger partial charge >= 0.3 is 0 Å². The van der Waals surface area contributed by atoms with E-state index in [9.17, 15) is 4.79 Å². The number of carbonyl (C=O) groups excluding carboxylic acids is 1. The Morgan fingerprint density at radius 3 is 2.64 bits per heavy atom. The van der Waals surface area contributed by atoms with E-state index in [4.69, 9.17) is 13.7 Å². The summed E-state index contributed by atoms with van der Waals surface area (Å²) in [5, 5.41) is 4.52. The Balaban J connectivity index is 1.37. The van der Waals surface area contributed by atoms with E-state index in [0.29, 0.717) is 24.7 Å². The smallest absolute Gasteiger partial charge is 0.289 e. The summed E-state index contributed by atoms with van der Waals surface area (Å²) in [7, 11) is 0. The maximum atomic E-state index is 13.5. The van der Waals surface area contributed by atoms with Crippen LogP contribution in [0.4, 0.5) is 5.88 Å². The Labute approximate surface area is 210 Å². The Hall–Kier alpha value is -3.84. The van der Waals surface area contributed by atoms with Crippen molar-refractivity contribution in [2.45, 2.75) is 38.5 Å². The lowest BCUT2D eigenvalue weighted by molar-refractivity contribution is 0.0484. The lowest BCUT2D eigenvalue weighted by atomic mass is 9.99. The van der Waals surface area contributed by atoms with Gasteiger partial charge in [-0.05, 0) is 42.5 Å². The summed E-state index contributed by atoms with van der Waals surface area (Å²) >= 11 is 0. The molecule has 2 aromatic heterocycles. The van der Waals surface area contributed by atoms with Crippen LogP contribution < -0.4 is 4.90 Å². The highest BCUT2D eigenvalue weighted by Gasteiger charge is 2.31. The third kappa shape index (κ3) is 4.54. The summed E-state index contributed by atoms with van der Waals surface area (Å²) in [5.41, 5.74) is 5.27. The second kappa shape index (κ2) is 10.0. The zero-order valence-corrected chi connectivity index (χ0v) is 20.1. The number of hydrogen-bond donors (Lipinski definition) is 0. The van der Waals surface area contributed by atoms with Crippen LogP contribution in [0.5, 0.6) is 0 Å². The van der Waals surface area contributed by atoms with Gasteiger partial charge in [0.1, 0.15) is 5.69 Å². The van der Waals surface area contributed by atoms with Crippen LogP contribution in [0, 0.1) is 0 Å². The van der Waals surface area contributed by atoms with Crippen molar-refractivity contribution < 1.29 is 18.5 Å². The fourth-order valence-corrected chi connectivity index (χ4v) is 5.18. The summed E-state index contributed by atoms with van der Waals surface area (Å²) in [6, 6.07) is 22.0. The summed E-state index contributed by atoms with van der Waals surface area (Å²) in [6.45, 7) is 3.13. The van der Waals surface area contributed by atoms with E-state index < -0.39 is 0 Å². The van der Waals surface area contributed by atoms with Crippen LogP contribution in [0.2, 0.25) is 0 Å². The van der Waals surface area contributed by atoms with E-state index in [-0.39, 0.29) is 12.0 Å². The molecule has 0 saturated carbocycles. The van der Waals surface area contributed by atoms with E-state index in [2.05, 4.69) is 34.3 Å². The highest BCUT2D eigenvalue weighted by atomic mass is 16.5. The van der Waals surface area contributed by atoms with Gasteiger partial charge in [0, 0.05) is 31.8 Å². The maximum Gasteiger partial charge on any atom is 0.289 e. The Morgan fingerprint density at radius 1 is 1.03 bits per heavy atom. The largest absolute Gasteiger partial charge is 0.459 e. The molecule has 4 heterocycles. The maximum absolute atomic E-state index is 13.5. The molecule has 7 nitrogen and oxygen atoms in total. The molecule has 6 rings (SSSR count). The van der Waals surface area contributed by atoms with Crippen molar-refractivity contribution in [1.29, 1.82) is 0 Å². The van der Waals surface area contributed by atoms with Crippen molar-refractivity contribution in [2.75, 3.05) is 24.6 Å². The summed E-state index contributed by atoms with van der Waals surface area (Å²) in [6.07, 6.45) is 4.42. The van der Waals surface area contributed by atoms with Gasteiger partial charge in [-0.1, -0.05) is 59.8 Å². The van der Waals surface area contributed by atoms with Gasteiger partial charge in [0.25, 0.3) is 5.91 Å². The van der Waals surface area contributed by atoms with Crippen LogP contribution >= 0.6 is 0 Å². The van der Waals surface area contributed by atoms with Crippen molar-refractivity contribution in [3.05, 3.63) is 95.4 Å². The monoisotopic (exact) mass is 483 g/mol. The first-order valence-electron chi connectivity index (χ1n) is 12.6. The van der Waals surface area contributed by atoms with Crippen LogP contribution in [0.25, 0.3) is 11.3 Å². The average Bonchev–Trinajstić information content (AvgIpc) is 3.71. The number of aromatic nitrogens is 1. The molecule has 2 aliphatic rings. The van der Waals surface area contributed by atoms with Crippen LogP contribution in [0.1, 0.15) is 40.1 Å². The van der Waals surface area contributed by atoms with Crippen molar-refractivity contribution in [3.63, 3.8) is 0 Å². The fraction of sp³-hybridized carbons (Fsp3) is 0.310. The highest BCUT2D eigenvalue weighted by Crippen LogP contribution is 2.35. The fourth-order valence-electron chi connectivity index (χ4n) is 5.18. The number of benzene rings is 2. The third-order valence-electron chi connectivity index (χ3n) is 7.05. The molecule has 1 saturated heterocycles. The molecule has 2 aromatic carbocycles. The molecule has 7 heteroatoms. The molecule has 36 heavy (non-hydrogen) atoms. The minimum atomic E-state index is -0.161. The predicted octanol–water partition coefficient (Wildman–Crippen LogP) is 5.32. The summed E-state index contributed by atoms with van der Waals surface area (Å²) in [5.74, 6) is 0.873. The third-order valence-corrected chi connectivity index (χ3v) is 7.05. The number of carbonyl (C=O) groups is 1. The molecule has 1 atom stereocenters. The van der Waals surface area contributed by atoms with Gasteiger partial charge in [-0.15, -0.1) is 0 Å². The minimum Gasteiger partial charge on any atom is -0.459 e. The van der Waals surface area contributed by atoms with Crippen molar-refractivity contribution in [2.24, 2.45) is 0 Å². The van der Waals surface area contributed by atoms with Gasteiger partial charge in [0.2, 0.25) is 5.88 Å². The number of amides is 1. The molecule has 2 aliphatic heterocycles. The first kappa shape index (κ1) is 22.6. The van der Waals surface area contributed by atoms with Gasteiger partial charge in [0.15, 0.2) is 5.76 Å². The molecular formula is C29H29N3O4.